The molecule has 0 atom stereocenters. The van der Waals surface area contributed by atoms with Gasteiger partial charge in [0.05, 0.1) is 12.3 Å². The van der Waals surface area contributed by atoms with Crippen LogP contribution in [0.3, 0.4) is 0 Å². The zero-order valence-corrected chi connectivity index (χ0v) is 12.6. The van der Waals surface area contributed by atoms with Crippen molar-refractivity contribution < 1.29 is 5.11 Å². The molecule has 0 aliphatic carbocycles. The van der Waals surface area contributed by atoms with E-state index in [2.05, 4.69) is 28.8 Å². The molecular weight excluding hydrogens is 276 g/mol. The molecule has 2 heterocycles. The number of aliphatic hydroxyl groups excluding tert-OH is 1. The minimum Gasteiger partial charge on any atom is -0.395 e. The van der Waals surface area contributed by atoms with Crippen LogP contribution in [0.2, 0.25) is 0 Å². The molecule has 0 saturated carbocycles. The summed E-state index contributed by atoms with van der Waals surface area (Å²) in [5, 5.41) is 13.2. The van der Waals surface area contributed by atoms with Crippen LogP contribution in [0, 0.1) is 0 Å². The van der Waals surface area contributed by atoms with E-state index in [0.717, 1.165) is 18.5 Å². The van der Waals surface area contributed by atoms with Crippen molar-refractivity contribution in [2.75, 3.05) is 13.2 Å². The van der Waals surface area contributed by atoms with Gasteiger partial charge < -0.3 is 5.11 Å². The summed E-state index contributed by atoms with van der Waals surface area (Å²) in [5.74, 6) is 0. The van der Waals surface area contributed by atoms with E-state index in [1.807, 2.05) is 0 Å². The van der Waals surface area contributed by atoms with Gasteiger partial charge >= 0.3 is 0 Å². The van der Waals surface area contributed by atoms with Crippen molar-refractivity contribution in [3.63, 3.8) is 0 Å². The Morgan fingerprint density at radius 3 is 2.85 bits per heavy atom. The van der Waals surface area contributed by atoms with Gasteiger partial charge in [-0.2, -0.15) is 9.61 Å². The van der Waals surface area contributed by atoms with Crippen molar-refractivity contribution in [2.24, 2.45) is 0 Å². The van der Waals surface area contributed by atoms with E-state index in [9.17, 15) is 9.90 Å². The Bertz CT molecular complexity index is 606. The Balaban J connectivity index is 2.25. The first-order chi connectivity index (χ1) is 9.69. The van der Waals surface area contributed by atoms with Gasteiger partial charge in [-0.3, -0.25) is 9.69 Å². The highest BCUT2D eigenvalue weighted by Crippen LogP contribution is 2.12. The highest BCUT2D eigenvalue weighted by molar-refractivity contribution is 7.14. The van der Waals surface area contributed by atoms with Crippen molar-refractivity contribution in [3.8, 4) is 0 Å². The summed E-state index contributed by atoms with van der Waals surface area (Å²) in [4.78, 5) is 19.2. The molecule has 0 radical (unpaired) electrons. The molecule has 6 nitrogen and oxygen atoms in total. The van der Waals surface area contributed by atoms with Crippen molar-refractivity contribution in [2.45, 2.75) is 39.3 Å². The van der Waals surface area contributed by atoms with Crippen LogP contribution in [0.15, 0.2) is 16.4 Å². The Hall–Kier alpha value is -1.31. The Morgan fingerprint density at radius 2 is 2.20 bits per heavy atom. The third kappa shape index (κ3) is 3.23. The molecule has 2 aromatic heterocycles. The fraction of sp³-hybridized carbons (Fsp3) is 0.615. The normalized spacial score (nSPS) is 11.8. The minimum absolute atomic E-state index is 0.109. The second kappa shape index (κ2) is 6.92. The predicted octanol–water partition coefficient (Wildman–Crippen LogP) is 1.13. The highest BCUT2D eigenvalue weighted by atomic mass is 32.1. The smallest absolute Gasteiger partial charge is 0.275 e. The predicted molar refractivity (Wildman–Crippen MR) is 79.0 cm³/mol. The molecule has 0 spiro atoms. The van der Waals surface area contributed by atoms with Crippen LogP contribution in [0.1, 0.15) is 32.4 Å². The van der Waals surface area contributed by atoms with Gasteiger partial charge in [0.15, 0.2) is 0 Å². The molecule has 0 aliphatic heterocycles. The number of hydrogen-bond donors (Lipinski definition) is 1. The van der Waals surface area contributed by atoms with Gasteiger partial charge in [0.1, 0.15) is 5.51 Å². The lowest BCUT2D eigenvalue weighted by Gasteiger charge is -2.29. The van der Waals surface area contributed by atoms with Crippen LogP contribution in [-0.2, 0) is 6.54 Å². The third-order valence-corrected chi connectivity index (χ3v) is 4.13. The number of rotatable bonds is 7. The van der Waals surface area contributed by atoms with E-state index in [4.69, 9.17) is 0 Å². The average molecular weight is 296 g/mol. The summed E-state index contributed by atoms with van der Waals surface area (Å²) in [6.07, 6.45) is 2.02. The Labute approximate surface area is 121 Å². The SMILES string of the molecule is CCC(CC)N(CCO)Cc1cc(=O)n2ncsc2n1. The topological polar surface area (TPSA) is 70.7 Å². The maximum atomic E-state index is 11.9. The minimum atomic E-state index is -0.153. The lowest BCUT2D eigenvalue weighted by atomic mass is 10.1. The molecule has 20 heavy (non-hydrogen) atoms. The van der Waals surface area contributed by atoms with Crippen molar-refractivity contribution in [1.82, 2.24) is 19.5 Å². The third-order valence-electron chi connectivity index (χ3n) is 3.45. The molecule has 0 amide bonds. The number of aliphatic hydroxyl groups is 1. The highest BCUT2D eigenvalue weighted by Gasteiger charge is 2.16. The molecule has 0 aliphatic rings. The molecule has 0 aromatic carbocycles. The largest absolute Gasteiger partial charge is 0.395 e. The van der Waals surface area contributed by atoms with Crippen LogP contribution < -0.4 is 5.56 Å². The number of fused-ring (bicyclic) bond motifs is 1. The monoisotopic (exact) mass is 296 g/mol. The molecule has 0 unspecified atom stereocenters. The van der Waals surface area contributed by atoms with Gasteiger partial charge in [-0.1, -0.05) is 25.2 Å². The van der Waals surface area contributed by atoms with Gasteiger partial charge in [-0.15, -0.1) is 0 Å². The molecular formula is C13H20N4O2S. The first-order valence-electron chi connectivity index (χ1n) is 6.87. The lowest BCUT2D eigenvalue weighted by molar-refractivity contribution is 0.135. The van der Waals surface area contributed by atoms with Crippen LogP contribution >= 0.6 is 11.3 Å². The van der Waals surface area contributed by atoms with Gasteiger partial charge in [0, 0.05) is 25.2 Å². The summed E-state index contributed by atoms with van der Waals surface area (Å²) < 4.78 is 1.31. The van der Waals surface area contributed by atoms with Crippen LogP contribution in [-0.4, -0.2) is 43.8 Å². The number of hydrogen-bond acceptors (Lipinski definition) is 6. The molecule has 0 fully saturated rings. The first kappa shape index (κ1) is 15.1. The average Bonchev–Trinajstić information content (AvgIpc) is 2.89. The summed E-state index contributed by atoms with van der Waals surface area (Å²) in [5.41, 5.74) is 2.19. The van der Waals surface area contributed by atoms with E-state index < -0.39 is 0 Å². The molecule has 2 rings (SSSR count). The molecule has 1 N–H and O–H groups in total. The zero-order chi connectivity index (χ0) is 14.5. The number of nitrogens with zero attached hydrogens (tertiary/aromatic N) is 4. The summed E-state index contributed by atoms with van der Waals surface area (Å²) in [6.45, 7) is 5.55. The van der Waals surface area contributed by atoms with E-state index in [1.165, 1.54) is 21.9 Å². The van der Waals surface area contributed by atoms with Crippen LogP contribution in [0.25, 0.3) is 4.96 Å². The summed E-state index contributed by atoms with van der Waals surface area (Å²) in [6, 6.07) is 1.92. The van der Waals surface area contributed by atoms with Crippen molar-refractivity contribution >= 4 is 16.3 Å². The maximum absolute atomic E-state index is 11.9. The summed E-state index contributed by atoms with van der Waals surface area (Å²) >= 11 is 1.35. The molecule has 110 valence electrons. The van der Waals surface area contributed by atoms with E-state index >= 15 is 0 Å². The van der Waals surface area contributed by atoms with Gasteiger partial charge in [0.25, 0.3) is 5.56 Å². The van der Waals surface area contributed by atoms with Gasteiger partial charge in [-0.25, -0.2) is 4.98 Å². The quantitative estimate of drug-likeness (QED) is 0.829. The van der Waals surface area contributed by atoms with Gasteiger partial charge in [0.2, 0.25) is 4.96 Å². The second-order valence-electron chi connectivity index (χ2n) is 4.68. The molecule has 0 bridgehead atoms. The van der Waals surface area contributed by atoms with E-state index in [1.54, 1.807) is 5.51 Å². The number of aromatic nitrogens is 3. The summed E-state index contributed by atoms with van der Waals surface area (Å²) in [7, 11) is 0. The van der Waals surface area contributed by atoms with E-state index in [-0.39, 0.29) is 12.2 Å². The van der Waals surface area contributed by atoms with Crippen LogP contribution in [0.5, 0.6) is 0 Å². The molecule has 7 heteroatoms. The van der Waals surface area contributed by atoms with E-state index in [0.29, 0.717) is 24.1 Å². The van der Waals surface area contributed by atoms with Crippen LogP contribution in [0.4, 0.5) is 0 Å². The zero-order valence-electron chi connectivity index (χ0n) is 11.8. The van der Waals surface area contributed by atoms with Gasteiger partial charge in [-0.05, 0) is 12.8 Å². The molecule has 2 aromatic rings. The second-order valence-corrected chi connectivity index (χ2v) is 5.49. The van der Waals surface area contributed by atoms with Crippen molar-refractivity contribution in [3.05, 3.63) is 27.6 Å². The fourth-order valence-corrected chi connectivity index (χ4v) is 3.06. The molecule has 0 saturated heterocycles. The van der Waals surface area contributed by atoms with Crippen molar-refractivity contribution in [1.29, 1.82) is 0 Å². The maximum Gasteiger partial charge on any atom is 0.275 e. The Morgan fingerprint density at radius 1 is 1.45 bits per heavy atom. The first-order valence-corrected chi connectivity index (χ1v) is 7.74. The standard InChI is InChI=1S/C13H20N4O2S/c1-3-11(4-2)16(5-6-18)8-10-7-12(19)17-13(15-10)20-9-14-17/h7,9,11,18H,3-6,8H2,1-2H3. The fourth-order valence-electron chi connectivity index (χ4n) is 2.41. The lowest BCUT2D eigenvalue weighted by Crippen LogP contribution is -2.36. The Kier molecular flexibility index (Phi) is 5.22.